The van der Waals surface area contributed by atoms with Crippen LogP contribution >= 0.6 is 0 Å². The molecule has 1 fully saturated rings. The zero-order chi connectivity index (χ0) is 13.4. The summed E-state index contributed by atoms with van der Waals surface area (Å²) in [6.45, 7) is 7.32. The highest BCUT2D eigenvalue weighted by molar-refractivity contribution is 5.36. The van der Waals surface area contributed by atoms with E-state index < -0.39 is 0 Å². The lowest BCUT2D eigenvalue weighted by atomic mass is 9.77. The van der Waals surface area contributed by atoms with Crippen molar-refractivity contribution >= 4 is 0 Å². The van der Waals surface area contributed by atoms with Gasteiger partial charge in [0.25, 0.3) is 0 Å². The number of benzene rings is 1. The van der Waals surface area contributed by atoms with Crippen LogP contribution in [-0.4, -0.2) is 31.1 Å². The minimum atomic E-state index is 0.498. The SMILES string of the molecule is CNC1c2ccccc2C(C)CC1N1CCC(C)C1. The first-order chi connectivity index (χ1) is 9.20. The van der Waals surface area contributed by atoms with Crippen molar-refractivity contribution in [3.8, 4) is 0 Å². The number of likely N-dealkylation sites (tertiary alicyclic amines) is 1. The number of fused-ring (bicyclic) bond motifs is 1. The van der Waals surface area contributed by atoms with Gasteiger partial charge in [0.1, 0.15) is 0 Å². The van der Waals surface area contributed by atoms with Crippen molar-refractivity contribution in [2.75, 3.05) is 20.1 Å². The van der Waals surface area contributed by atoms with Gasteiger partial charge in [-0.2, -0.15) is 0 Å². The summed E-state index contributed by atoms with van der Waals surface area (Å²) in [6.07, 6.45) is 2.65. The van der Waals surface area contributed by atoms with Crippen LogP contribution in [0.25, 0.3) is 0 Å². The Bertz CT molecular complexity index is 443. The minimum absolute atomic E-state index is 0.498. The standard InChI is InChI=1S/C17H26N2/c1-12-8-9-19(11-12)16-10-13(2)14-6-4-5-7-15(14)17(16)18-3/h4-7,12-13,16-18H,8-11H2,1-3H3. The lowest BCUT2D eigenvalue weighted by Crippen LogP contribution is -2.46. The Hall–Kier alpha value is -0.860. The van der Waals surface area contributed by atoms with Crippen molar-refractivity contribution < 1.29 is 0 Å². The summed E-state index contributed by atoms with van der Waals surface area (Å²) < 4.78 is 0. The van der Waals surface area contributed by atoms with Crippen molar-refractivity contribution in [1.82, 2.24) is 10.2 Å². The van der Waals surface area contributed by atoms with Crippen molar-refractivity contribution in [1.29, 1.82) is 0 Å². The molecule has 2 aliphatic rings. The molecule has 4 atom stereocenters. The molecular weight excluding hydrogens is 232 g/mol. The van der Waals surface area contributed by atoms with E-state index in [1.807, 2.05) is 0 Å². The molecule has 1 aromatic carbocycles. The van der Waals surface area contributed by atoms with Crippen molar-refractivity contribution in [3.63, 3.8) is 0 Å². The van der Waals surface area contributed by atoms with Crippen LogP contribution in [0.15, 0.2) is 24.3 Å². The molecule has 1 saturated heterocycles. The van der Waals surface area contributed by atoms with Gasteiger partial charge in [-0.25, -0.2) is 0 Å². The molecule has 0 saturated carbocycles. The van der Waals surface area contributed by atoms with Gasteiger partial charge in [0, 0.05) is 18.6 Å². The molecule has 4 unspecified atom stereocenters. The van der Waals surface area contributed by atoms with E-state index in [2.05, 4.69) is 55.4 Å². The Morgan fingerprint density at radius 1 is 1.16 bits per heavy atom. The summed E-state index contributed by atoms with van der Waals surface area (Å²) in [7, 11) is 2.12. The van der Waals surface area contributed by atoms with Crippen molar-refractivity contribution in [3.05, 3.63) is 35.4 Å². The molecule has 2 heteroatoms. The Morgan fingerprint density at radius 3 is 2.53 bits per heavy atom. The van der Waals surface area contributed by atoms with Crippen LogP contribution in [0.4, 0.5) is 0 Å². The van der Waals surface area contributed by atoms with E-state index in [1.165, 1.54) is 31.5 Å². The molecule has 1 heterocycles. The van der Waals surface area contributed by atoms with E-state index in [0.29, 0.717) is 18.0 Å². The van der Waals surface area contributed by atoms with Crippen LogP contribution < -0.4 is 5.32 Å². The van der Waals surface area contributed by atoms with Gasteiger partial charge < -0.3 is 5.32 Å². The summed E-state index contributed by atoms with van der Waals surface area (Å²) in [5.41, 5.74) is 3.07. The van der Waals surface area contributed by atoms with Crippen LogP contribution in [0, 0.1) is 5.92 Å². The highest BCUT2D eigenvalue weighted by Gasteiger charge is 2.37. The van der Waals surface area contributed by atoms with Crippen LogP contribution in [0.1, 0.15) is 49.8 Å². The maximum atomic E-state index is 3.58. The van der Waals surface area contributed by atoms with E-state index >= 15 is 0 Å². The first-order valence-electron chi connectivity index (χ1n) is 7.71. The third kappa shape index (κ3) is 2.32. The maximum Gasteiger partial charge on any atom is 0.0478 e. The lowest BCUT2D eigenvalue weighted by molar-refractivity contribution is 0.163. The average molecular weight is 258 g/mol. The van der Waals surface area contributed by atoms with Gasteiger partial charge in [0.15, 0.2) is 0 Å². The molecular formula is C17H26N2. The minimum Gasteiger partial charge on any atom is -0.312 e. The van der Waals surface area contributed by atoms with Gasteiger partial charge in [-0.1, -0.05) is 38.1 Å². The first kappa shape index (κ1) is 13.1. The zero-order valence-corrected chi connectivity index (χ0v) is 12.4. The van der Waals surface area contributed by atoms with Crippen LogP contribution in [-0.2, 0) is 0 Å². The number of rotatable bonds is 2. The fourth-order valence-electron chi connectivity index (χ4n) is 4.05. The van der Waals surface area contributed by atoms with Crippen molar-refractivity contribution in [2.45, 2.75) is 44.7 Å². The number of hydrogen-bond donors (Lipinski definition) is 1. The second-order valence-corrected chi connectivity index (χ2v) is 6.49. The Kier molecular flexibility index (Phi) is 3.64. The fourth-order valence-corrected chi connectivity index (χ4v) is 4.05. The molecule has 1 N–H and O–H groups in total. The Morgan fingerprint density at radius 2 is 1.89 bits per heavy atom. The molecule has 2 nitrogen and oxygen atoms in total. The monoisotopic (exact) mass is 258 g/mol. The number of nitrogens with zero attached hydrogens (tertiary/aromatic N) is 1. The van der Waals surface area contributed by atoms with Crippen LogP contribution in [0.2, 0.25) is 0 Å². The van der Waals surface area contributed by atoms with Crippen LogP contribution in [0.3, 0.4) is 0 Å². The average Bonchev–Trinajstić information content (AvgIpc) is 2.85. The van der Waals surface area contributed by atoms with Gasteiger partial charge in [0.05, 0.1) is 0 Å². The molecule has 1 aliphatic heterocycles. The highest BCUT2D eigenvalue weighted by atomic mass is 15.2. The molecule has 0 bridgehead atoms. The summed E-state index contributed by atoms with van der Waals surface area (Å²) >= 11 is 0. The maximum absolute atomic E-state index is 3.58. The Balaban J connectivity index is 1.91. The summed E-state index contributed by atoms with van der Waals surface area (Å²) in [6, 6.07) is 10.2. The van der Waals surface area contributed by atoms with E-state index in [4.69, 9.17) is 0 Å². The molecule has 1 aromatic rings. The smallest absolute Gasteiger partial charge is 0.0478 e. The first-order valence-corrected chi connectivity index (χ1v) is 7.71. The normalized spacial score (nSPS) is 35.3. The third-order valence-electron chi connectivity index (χ3n) is 5.08. The number of nitrogens with one attached hydrogen (secondary N) is 1. The van der Waals surface area contributed by atoms with E-state index in [1.54, 1.807) is 5.56 Å². The highest BCUT2D eigenvalue weighted by Crippen LogP contribution is 2.40. The zero-order valence-electron chi connectivity index (χ0n) is 12.4. The predicted octanol–water partition coefficient (Wildman–Crippen LogP) is 3.16. The molecule has 1 aliphatic carbocycles. The van der Waals surface area contributed by atoms with E-state index in [9.17, 15) is 0 Å². The predicted molar refractivity (Wildman–Crippen MR) is 80.4 cm³/mol. The number of hydrogen-bond acceptors (Lipinski definition) is 2. The van der Waals surface area contributed by atoms with Gasteiger partial charge >= 0.3 is 0 Å². The quantitative estimate of drug-likeness (QED) is 0.876. The largest absolute Gasteiger partial charge is 0.312 e. The van der Waals surface area contributed by atoms with Gasteiger partial charge in [-0.05, 0) is 49.4 Å². The molecule has 0 amide bonds. The van der Waals surface area contributed by atoms with E-state index in [0.717, 1.165) is 5.92 Å². The summed E-state index contributed by atoms with van der Waals surface area (Å²) in [4.78, 5) is 2.72. The molecule has 0 radical (unpaired) electrons. The second-order valence-electron chi connectivity index (χ2n) is 6.49. The Labute approximate surface area is 117 Å². The van der Waals surface area contributed by atoms with E-state index in [-0.39, 0.29) is 0 Å². The summed E-state index contributed by atoms with van der Waals surface area (Å²) in [5.74, 6) is 1.55. The molecule has 0 spiro atoms. The van der Waals surface area contributed by atoms with Crippen molar-refractivity contribution in [2.24, 2.45) is 5.92 Å². The molecule has 104 valence electrons. The summed E-state index contributed by atoms with van der Waals surface area (Å²) in [5, 5.41) is 3.58. The molecule has 19 heavy (non-hydrogen) atoms. The lowest BCUT2D eigenvalue weighted by Gasteiger charge is -2.41. The third-order valence-corrected chi connectivity index (χ3v) is 5.08. The van der Waals surface area contributed by atoms with Gasteiger partial charge in [0.2, 0.25) is 0 Å². The molecule has 3 rings (SSSR count). The van der Waals surface area contributed by atoms with Gasteiger partial charge in [-0.3, -0.25) is 4.90 Å². The topological polar surface area (TPSA) is 15.3 Å². The van der Waals surface area contributed by atoms with Gasteiger partial charge in [-0.15, -0.1) is 0 Å². The molecule has 0 aromatic heterocycles. The van der Waals surface area contributed by atoms with Crippen LogP contribution in [0.5, 0.6) is 0 Å². The fraction of sp³-hybridized carbons (Fsp3) is 0.647. The number of likely N-dealkylation sites (N-methyl/N-ethyl adjacent to an activating group) is 1. The second kappa shape index (κ2) is 5.26.